The summed E-state index contributed by atoms with van der Waals surface area (Å²) in [5.41, 5.74) is 2.13. The van der Waals surface area contributed by atoms with E-state index in [0.717, 1.165) is 36.6 Å². The summed E-state index contributed by atoms with van der Waals surface area (Å²) < 4.78 is 0. The molecule has 1 aliphatic heterocycles. The van der Waals surface area contributed by atoms with Crippen molar-refractivity contribution >= 4 is 29.4 Å². The van der Waals surface area contributed by atoms with Crippen LogP contribution in [0.4, 0.5) is 0 Å². The lowest BCUT2D eigenvalue weighted by Crippen LogP contribution is -2.49. The lowest BCUT2D eigenvalue weighted by atomic mass is 9.69. The van der Waals surface area contributed by atoms with E-state index in [1.54, 1.807) is 14.0 Å². The summed E-state index contributed by atoms with van der Waals surface area (Å²) in [6.07, 6.45) is 2.10. The molecule has 1 aromatic rings. The molecule has 0 unspecified atom stereocenters. The zero-order chi connectivity index (χ0) is 20.7. The van der Waals surface area contributed by atoms with Crippen LogP contribution in [-0.2, 0) is 9.59 Å². The quantitative estimate of drug-likeness (QED) is 0.379. The molecular weight excluding hydrogens is 374 g/mol. The van der Waals surface area contributed by atoms with Crippen molar-refractivity contribution in [2.45, 2.75) is 26.7 Å². The van der Waals surface area contributed by atoms with E-state index in [4.69, 9.17) is 11.6 Å². The van der Waals surface area contributed by atoms with Crippen LogP contribution in [0.25, 0.3) is 0 Å². The van der Waals surface area contributed by atoms with E-state index in [1.807, 2.05) is 49.2 Å². The number of aliphatic imine (C=N–C) groups is 1. The van der Waals surface area contributed by atoms with Crippen molar-refractivity contribution in [1.82, 2.24) is 9.80 Å². The SMILES string of the molecule is CCN(C)/C(CN1CCC(C(C)=O)(C(=NC)c2ccccc2)CC1)=C(/Cl)C=O. The number of allylic oxidation sites excluding steroid dienone is 1. The summed E-state index contributed by atoms with van der Waals surface area (Å²) in [4.78, 5) is 32.7. The average molecular weight is 404 g/mol. The van der Waals surface area contributed by atoms with E-state index >= 15 is 0 Å². The summed E-state index contributed by atoms with van der Waals surface area (Å²) >= 11 is 6.15. The Balaban J connectivity index is 2.23. The van der Waals surface area contributed by atoms with Crippen LogP contribution in [0, 0.1) is 5.41 Å². The number of likely N-dealkylation sites (N-methyl/N-ethyl adjacent to an activating group) is 1. The fourth-order valence-electron chi connectivity index (χ4n) is 3.91. The fourth-order valence-corrected chi connectivity index (χ4v) is 4.12. The van der Waals surface area contributed by atoms with E-state index in [1.165, 1.54) is 0 Å². The number of likely N-dealkylation sites (tertiary alicyclic amines) is 1. The molecule has 0 aromatic heterocycles. The number of ketones is 1. The first-order valence-electron chi connectivity index (χ1n) is 9.70. The highest BCUT2D eigenvalue weighted by Crippen LogP contribution is 2.37. The van der Waals surface area contributed by atoms with E-state index in [9.17, 15) is 9.59 Å². The second kappa shape index (κ2) is 9.99. The van der Waals surface area contributed by atoms with Crippen molar-refractivity contribution in [2.24, 2.45) is 10.4 Å². The number of halogens is 1. The van der Waals surface area contributed by atoms with Crippen LogP contribution >= 0.6 is 11.6 Å². The summed E-state index contributed by atoms with van der Waals surface area (Å²) in [5, 5.41) is 0.243. The Morgan fingerprint density at radius 1 is 1.29 bits per heavy atom. The zero-order valence-corrected chi connectivity index (χ0v) is 18.0. The van der Waals surface area contributed by atoms with Crippen molar-refractivity contribution in [3.63, 3.8) is 0 Å². The number of carbonyl (C=O) groups excluding carboxylic acids is 2. The number of nitrogens with zero attached hydrogens (tertiary/aromatic N) is 3. The third-order valence-electron chi connectivity index (χ3n) is 5.80. The highest BCUT2D eigenvalue weighted by molar-refractivity contribution is 6.39. The second-order valence-electron chi connectivity index (χ2n) is 7.28. The van der Waals surface area contributed by atoms with Crippen LogP contribution in [0.15, 0.2) is 46.1 Å². The second-order valence-corrected chi connectivity index (χ2v) is 7.69. The van der Waals surface area contributed by atoms with Gasteiger partial charge in [0.05, 0.1) is 11.1 Å². The molecule has 0 radical (unpaired) electrons. The Kier molecular flexibility index (Phi) is 7.96. The lowest BCUT2D eigenvalue weighted by molar-refractivity contribution is -0.125. The van der Waals surface area contributed by atoms with E-state index in [-0.39, 0.29) is 10.8 Å². The molecule has 1 heterocycles. The van der Waals surface area contributed by atoms with Crippen LogP contribution < -0.4 is 0 Å². The predicted octanol–water partition coefficient (Wildman–Crippen LogP) is 3.38. The molecule has 2 rings (SSSR count). The number of carbonyl (C=O) groups is 2. The Bertz CT molecular complexity index is 750. The van der Waals surface area contributed by atoms with Gasteiger partial charge in [0.2, 0.25) is 0 Å². The smallest absolute Gasteiger partial charge is 0.163 e. The molecule has 1 aromatic carbocycles. The molecule has 0 bridgehead atoms. The molecule has 0 amide bonds. The normalized spacial score (nSPS) is 18.4. The predicted molar refractivity (Wildman–Crippen MR) is 115 cm³/mol. The Morgan fingerprint density at radius 2 is 1.89 bits per heavy atom. The van der Waals surface area contributed by atoms with Crippen LogP contribution in [0.1, 0.15) is 32.3 Å². The number of hydrogen-bond acceptors (Lipinski definition) is 5. The van der Waals surface area contributed by atoms with Gasteiger partial charge in [-0.2, -0.15) is 0 Å². The zero-order valence-electron chi connectivity index (χ0n) is 17.2. The molecular formula is C22H30ClN3O2. The van der Waals surface area contributed by atoms with Crippen molar-refractivity contribution < 1.29 is 9.59 Å². The van der Waals surface area contributed by atoms with Crippen molar-refractivity contribution in [3.05, 3.63) is 46.6 Å². The highest BCUT2D eigenvalue weighted by Gasteiger charge is 2.43. The molecule has 152 valence electrons. The third kappa shape index (κ3) is 4.70. The van der Waals surface area contributed by atoms with Crippen molar-refractivity contribution in [3.8, 4) is 0 Å². The monoisotopic (exact) mass is 403 g/mol. The van der Waals surface area contributed by atoms with Gasteiger partial charge in [-0.1, -0.05) is 41.9 Å². The minimum atomic E-state index is -0.568. The van der Waals surface area contributed by atoms with E-state index in [0.29, 0.717) is 25.7 Å². The molecule has 0 aliphatic carbocycles. The van der Waals surface area contributed by atoms with Gasteiger partial charge < -0.3 is 4.90 Å². The standard InChI is InChI=1S/C22H30ClN3O2/c1-5-25(4)20(19(23)16-27)15-26-13-11-22(12-14-26,17(2)28)21(24-3)18-9-7-6-8-10-18/h6-10,16H,5,11-15H2,1-4H3/b20-19+,24-21?. The first-order chi connectivity index (χ1) is 13.4. The molecule has 0 saturated carbocycles. The number of piperidine rings is 1. The minimum absolute atomic E-state index is 0.156. The fraction of sp³-hybridized carbons (Fsp3) is 0.500. The number of aldehydes is 1. The van der Waals surface area contributed by atoms with Gasteiger partial charge in [0, 0.05) is 32.9 Å². The maximum Gasteiger partial charge on any atom is 0.163 e. The van der Waals surface area contributed by atoms with E-state index < -0.39 is 5.41 Å². The van der Waals surface area contributed by atoms with Crippen LogP contribution in [0.3, 0.4) is 0 Å². The van der Waals surface area contributed by atoms with E-state index in [2.05, 4.69) is 9.89 Å². The molecule has 1 fully saturated rings. The maximum atomic E-state index is 12.7. The van der Waals surface area contributed by atoms with Gasteiger partial charge in [0.1, 0.15) is 10.8 Å². The van der Waals surface area contributed by atoms with Crippen LogP contribution in [0.2, 0.25) is 0 Å². The summed E-state index contributed by atoms with van der Waals surface area (Å²) in [7, 11) is 3.70. The number of Topliss-reactive ketones (excluding diaryl/α,β-unsaturated/α-hetero) is 1. The van der Waals surface area contributed by atoms with Crippen LogP contribution in [0.5, 0.6) is 0 Å². The number of rotatable bonds is 8. The van der Waals surface area contributed by atoms with Crippen LogP contribution in [-0.4, -0.2) is 67.9 Å². The molecule has 1 saturated heterocycles. The molecule has 1 aliphatic rings. The van der Waals surface area contributed by atoms with Crippen molar-refractivity contribution in [2.75, 3.05) is 40.3 Å². The molecule has 28 heavy (non-hydrogen) atoms. The first-order valence-corrected chi connectivity index (χ1v) is 10.1. The highest BCUT2D eigenvalue weighted by atomic mass is 35.5. The topological polar surface area (TPSA) is 53.0 Å². The summed E-state index contributed by atoms with van der Waals surface area (Å²) in [6.45, 7) is 6.55. The van der Waals surface area contributed by atoms with Gasteiger partial charge in [0.15, 0.2) is 6.29 Å². The number of hydrogen-bond donors (Lipinski definition) is 0. The maximum absolute atomic E-state index is 12.7. The van der Waals surface area contributed by atoms with Gasteiger partial charge in [-0.05, 0) is 45.3 Å². The van der Waals surface area contributed by atoms with Gasteiger partial charge >= 0.3 is 0 Å². The van der Waals surface area contributed by atoms with Gasteiger partial charge in [-0.25, -0.2) is 0 Å². The Labute approximate surface area is 173 Å². The average Bonchev–Trinajstić information content (AvgIpc) is 2.73. The summed E-state index contributed by atoms with van der Waals surface area (Å²) in [5.74, 6) is 0.156. The molecule has 5 nitrogen and oxygen atoms in total. The molecule has 0 atom stereocenters. The summed E-state index contributed by atoms with van der Waals surface area (Å²) in [6, 6.07) is 9.94. The molecule has 6 heteroatoms. The van der Waals surface area contributed by atoms with Crippen molar-refractivity contribution in [1.29, 1.82) is 0 Å². The van der Waals surface area contributed by atoms with Gasteiger partial charge in [-0.15, -0.1) is 0 Å². The molecule has 0 spiro atoms. The molecule has 0 N–H and O–H groups in total. The van der Waals surface area contributed by atoms with Gasteiger partial charge in [-0.3, -0.25) is 19.5 Å². The first kappa shape index (κ1) is 22.3. The minimum Gasteiger partial charge on any atom is -0.376 e. The lowest BCUT2D eigenvalue weighted by Gasteiger charge is -2.42. The Morgan fingerprint density at radius 3 is 2.36 bits per heavy atom. The third-order valence-corrected chi connectivity index (χ3v) is 6.10. The largest absolute Gasteiger partial charge is 0.376 e. The number of benzene rings is 1. The Hall–Kier alpha value is -1.98. The van der Waals surface area contributed by atoms with Gasteiger partial charge in [0.25, 0.3) is 0 Å².